The molecule has 138 valence electrons. The Hall–Kier alpha value is -1.69. The van der Waals surface area contributed by atoms with Crippen molar-refractivity contribution in [2.45, 2.75) is 40.5 Å². The third-order valence-corrected chi connectivity index (χ3v) is 5.33. The molecule has 0 heterocycles. The molecule has 7 heteroatoms. The predicted molar refractivity (Wildman–Crippen MR) is 90.9 cm³/mol. The van der Waals surface area contributed by atoms with Crippen molar-refractivity contribution in [3.8, 4) is 0 Å². The Morgan fingerprint density at radius 1 is 1.36 bits per heavy atom. The number of rotatable bonds is 4. The van der Waals surface area contributed by atoms with Crippen molar-refractivity contribution in [1.82, 2.24) is 0 Å². The fourth-order valence-electron chi connectivity index (χ4n) is 3.06. The van der Waals surface area contributed by atoms with Crippen LogP contribution in [0.15, 0.2) is 23.2 Å². The number of anilines is 1. The zero-order chi connectivity index (χ0) is 19.2. The summed E-state index contributed by atoms with van der Waals surface area (Å²) in [5, 5.41) is -1.21. The first-order valence-electron chi connectivity index (χ1n) is 7.83. The monoisotopic (exact) mass is 375 g/mol. The van der Waals surface area contributed by atoms with Crippen molar-refractivity contribution >= 4 is 23.3 Å². The second kappa shape index (κ2) is 6.56. The van der Waals surface area contributed by atoms with Crippen LogP contribution in [0.4, 0.5) is 18.9 Å². The predicted octanol–water partition coefficient (Wildman–Crippen LogP) is 4.89. The van der Waals surface area contributed by atoms with Gasteiger partial charge in [0.15, 0.2) is 0 Å². The molecule has 0 aliphatic heterocycles. The summed E-state index contributed by atoms with van der Waals surface area (Å²) < 4.78 is 43.1. The van der Waals surface area contributed by atoms with Crippen LogP contribution in [0.1, 0.15) is 30.5 Å². The second-order valence-corrected chi connectivity index (χ2v) is 7.43. The van der Waals surface area contributed by atoms with Crippen molar-refractivity contribution in [2.75, 3.05) is 5.73 Å². The molecule has 2 rings (SSSR count). The van der Waals surface area contributed by atoms with Crippen LogP contribution in [-0.2, 0) is 16.1 Å². The molecule has 1 fully saturated rings. The van der Waals surface area contributed by atoms with Gasteiger partial charge < -0.3 is 10.5 Å². The van der Waals surface area contributed by atoms with Crippen LogP contribution in [0, 0.1) is 31.1 Å². The SMILES string of the molecule is Cc1ccc(N)c(C)c1COC(=O)C1C(/C=C(\Cl)C(F)(F)F)C1(C)C. The Morgan fingerprint density at radius 3 is 2.52 bits per heavy atom. The fraction of sp³-hybridized carbons (Fsp3) is 0.500. The number of carbonyl (C=O) groups excluding carboxylic acids is 1. The number of benzene rings is 1. The Labute approximate surface area is 150 Å². The van der Waals surface area contributed by atoms with Crippen LogP contribution < -0.4 is 5.73 Å². The summed E-state index contributed by atoms with van der Waals surface area (Å²) in [5.41, 5.74) is 8.42. The van der Waals surface area contributed by atoms with E-state index >= 15 is 0 Å². The minimum atomic E-state index is -4.61. The van der Waals surface area contributed by atoms with Gasteiger partial charge in [0.2, 0.25) is 0 Å². The maximum Gasteiger partial charge on any atom is 0.426 e. The number of nitrogen functional groups attached to an aromatic ring is 1. The van der Waals surface area contributed by atoms with Crippen molar-refractivity contribution in [3.05, 3.63) is 39.9 Å². The zero-order valence-corrected chi connectivity index (χ0v) is 15.3. The van der Waals surface area contributed by atoms with Crippen LogP contribution in [-0.4, -0.2) is 12.1 Å². The number of hydrogen-bond donors (Lipinski definition) is 1. The summed E-state index contributed by atoms with van der Waals surface area (Å²) in [6.45, 7) is 7.19. The summed E-state index contributed by atoms with van der Waals surface area (Å²) >= 11 is 5.29. The van der Waals surface area contributed by atoms with Gasteiger partial charge in [0.1, 0.15) is 11.6 Å². The van der Waals surface area contributed by atoms with E-state index in [1.807, 2.05) is 19.9 Å². The lowest BCUT2D eigenvalue weighted by Gasteiger charge is -2.13. The number of ether oxygens (including phenoxy) is 1. The van der Waals surface area contributed by atoms with Crippen LogP contribution in [0.2, 0.25) is 0 Å². The molecule has 1 aliphatic rings. The molecule has 0 amide bonds. The topological polar surface area (TPSA) is 52.3 Å². The Morgan fingerprint density at radius 2 is 1.96 bits per heavy atom. The number of aryl methyl sites for hydroxylation is 1. The first-order valence-corrected chi connectivity index (χ1v) is 8.21. The second-order valence-electron chi connectivity index (χ2n) is 7.02. The van der Waals surface area contributed by atoms with Gasteiger partial charge in [0.05, 0.1) is 5.92 Å². The number of nitrogens with two attached hydrogens (primary N) is 1. The zero-order valence-electron chi connectivity index (χ0n) is 14.5. The summed E-state index contributed by atoms with van der Waals surface area (Å²) in [7, 11) is 0. The molecule has 1 aromatic carbocycles. The molecule has 25 heavy (non-hydrogen) atoms. The van der Waals surface area contributed by atoms with E-state index in [9.17, 15) is 18.0 Å². The number of carbonyl (C=O) groups is 1. The molecule has 2 atom stereocenters. The number of esters is 1. The van der Waals surface area contributed by atoms with Gasteiger partial charge in [-0.1, -0.05) is 37.6 Å². The molecule has 0 saturated heterocycles. The smallest absolute Gasteiger partial charge is 0.426 e. The number of allylic oxidation sites excluding steroid dienone is 2. The van der Waals surface area contributed by atoms with E-state index in [1.54, 1.807) is 19.9 Å². The van der Waals surface area contributed by atoms with E-state index in [1.165, 1.54) is 0 Å². The van der Waals surface area contributed by atoms with E-state index in [0.29, 0.717) is 5.69 Å². The lowest BCUT2D eigenvalue weighted by atomic mass is 10.0. The standard InChI is InChI=1S/C18H21ClF3NO2/c1-9-5-6-13(23)10(2)11(9)8-25-16(24)15-12(17(15,3)4)7-14(19)18(20,21)22/h5-7,12,15H,8,23H2,1-4H3/b14-7-. The molecule has 0 radical (unpaired) electrons. The molecule has 2 unspecified atom stereocenters. The summed E-state index contributed by atoms with van der Waals surface area (Å²) in [4.78, 5) is 12.3. The van der Waals surface area contributed by atoms with E-state index in [0.717, 1.165) is 22.8 Å². The molecule has 2 N–H and O–H groups in total. The third kappa shape index (κ3) is 3.94. The lowest BCUT2D eigenvalue weighted by Crippen LogP contribution is -2.12. The number of hydrogen-bond acceptors (Lipinski definition) is 3. The molecule has 0 aromatic heterocycles. The minimum Gasteiger partial charge on any atom is -0.461 e. The maximum atomic E-state index is 12.6. The van der Waals surface area contributed by atoms with Crippen LogP contribution in [0.5, 0.6) is 0 Å². The van der Waals surface area contributed by atoms with Crippen molar-refractivity contribution in [1.29, 1.82) is 0 Å². The quantitative estimate of drug-likeness (QED) is 0.602. The third-order valence-electron chi connectivity index (χ3n) is 4.99. The van der Waals surface area contributed by atoms with E-state index in [2.05, 4.69) is 0 Å². The van der Waals surface area contributed by atoms with Gasteiger partial charge in [-0.2, -0.15) is 13.2 Å². The first kappa shape index (κ1) is 19.6. The molecule has 0 spiro atoms. The highest BCUT2D eigenvalue weighted by Crippen LogP contribution is 2.60. The molecule has 3 nitrogen and oxygen atoms in total. The van der Waals surface area contributed by atoms with Gasteiger partial charge in [-0.3, -0.25) is 4.79 Å². The highest BCUT2D eigenvalue weighted by Gasteiger charge is 2.62. The van der Waals surface area contributed by atoms with E-state index in [4.69, 9.17) is 22.1 Å². The van der Waals surface area contributed by atoms with Gasteiger partial charge >= 0.3 is 12.1 Å². The number of halogens is 4. The van der Waals surface area contributed by atoms with Crippen LogP contribution in [0.3, 0.4) is 0 Å². The largest absolute Gasteiger partial charge is 0.461 e. The van der Waals surface area contributed by atoms with E-state index < -0.39 is 34.4 Å². The number of alkyl halides is 3. The molecule has 1 saturated carbocycles. The Bertz CT molecular complexity index is 726. The summed E-state index contributed by atoms with van der Waals surface area (Å²) in [5.74, 6) is -1.78. The van der Waals surface area contributed by atoms with E-state index in [-0.39, 0.29) is 6.61 Å². The van der Waals surface area contributed by atoms with Gasteiger partial charge in [0.25, 0.3) is 0 Å². The van der Waals surface area contributed by atoms with Gasteiger partial charge in [-0.15, -0.1) is 0 Å². The molecule has 1 aromatic rings. The highest BCUT2D eigenvalue weighted by molar-refractivity contribution is 6.30. The fourth-order valence-corrected chi connectivity index (χ4v) is 3.19. The van der Waals surface area contributed by atoms with Crippen molar-refractivity contribution in [3.63, 3.8) is 0 Å². The van der Waals surface area contributed by atoms with Crippen molar-refractivity contribution < 1.29 is 22.7 Å². The average Bonchev–Trinajstić information content (AvgIpc) is 3.02. The highest BCUT2D eigenvalue weighted by atomic mass is 35.5. The molecular formula is C18H21ClF3NO2. The Balaban J connectivity index is 2.09. The minimum absolute atomic E-state index is 0.0392. The lowest BCUT2D eigenvalue weighted by molar-refractivity contribution is -0.147. The maximum absolute atomic E-state index is 12.6. The Kier molecular flexibility index (Phi) is 5.15. The van der Waals surface area contributed by atoms with Gasteiger partial charge in [0, 0.05) is 5.69 Å². The molecular weight excluding hydrogens is 355 g/mol. The normalized spacial score (nSPS) is 22.6. The summed E-state index contributed by atoms with van der Waals surface area (Å²) in [6.07, 6.45) is -3.70. The van der Waals surface area contributed by atoms with Crippen molar-refractivity contribution in [2.24, 2.45) is 17.3 Å². The molecule has 1 aliphatic carbocycles. The average molecular weight is 376 g/mol. The summed E-state index contributed by atoms with van der Waals surface area (Å²) in [6, 6.07) is 3.61. The van der Waals surface area contributed by atoms with Crippen LogP contribution in [0.25, 0.3) is 0 Å². The van der Waals surface area contributed by atoms with Crippen LogP contribution >= 0.6 is 11.6 Å². The molecule has 0 bridgehead atoms. The van der Waals surface area contributed by atoms with Gasteiger partial charge in [-0.05, 0) is 47.9 Å². The van der Waals surface area contributed by atoms with Gasteiger partial charge in [-0.25, -0.2) is 0 Å². The first-order chi connectivity index (χ1) is 11.4.